The van der Waals surface area contributed by atoms with E-state index in [1.54, 1.807) is 0 Å². The third kappa shape index (κ3) is 3.13. The zero-order chi connectivity index (χ0) is 11.3. The summed E-state index contributed by atoms with van der Waals surface area (Å²) >= 11 is 0. The lowest BCUT2D eigenvalue weighted by Gasteiger charge is -2.16. The number of benzene rings is 1. The molecule has 1 rings (SSSR count). The number of hydrogen-bond donors (Lipinski definition) is 1. The van der Waals surface area contributed by atoms with Gasteiger partial charge in [0.15, 0.2) is 11.5 Å². The third-order valence-corrected chi connectivity index (χ3v) is 1.88. The van der Waals surface area contributed by atoms with Gasteiger partial charge in [0.05, 0.1) is 19.3 Å². The number of rotatable bonds is 5. The van der Waals surface area contributed by atoms with Crippen LogP contribution < -0.4 is 9.47 Å². The molecule has 1 N–H and O–H groups in total. The molecule has 0 unspecified atom stereocenters. The molecule has 0 heterocycles. The molecule has 0 radical (unpaired) electrons. The van der Waals surface area contributed by atoms with Gasteiger partial charge < -0.3 is 14.6 Å². The third-order valence-electron chi connectivity index (χ3n) is 1.88. The molecule has 0 aliphatic rings. The fourth-order valence-corrected chi connectivity index (χ4v) is 1.34. The van der Waals surface area contributed by atoms with Gasteiger partial charge in [-0.3, -0.25) is 0 Å². The first-order valence-corrected chi connectivity index (χ1v) is 5.21. The topological polar surface area (TPSA) is 38.7 Å². The number of ether oxygens (including phenoxy) is 2. The van der Waals surface area contributed by atoms with Crippen molar-refractivity contribution >= 4 is 0 Å². The molecule has 0 bridgehead atoms. The Bertz CT molecular complexity index is 308. The average molecular weight is 210 g/mol. The zero-order valence-corrected chi connectivity index (χ0v) is 9.49. The standard InChI is InChI=1S/C12H18O3/c1-4-14-12-10(8-13)6-5-7-11(12)15-9(2)3/h5-7,9,13H,4,8H2,1-3H3. The summed E-state index contributed by atoms with van der Waals surface area (Å²) in [5.74, 6) is 1.34. The van der Waals surface area contributed by atoms with E-state index in [4.69, 9.17) is 14.6 Å². The zero-order valence-electron chi connectivity index (χ0n) is 9.49. The Morgan fingerprint density at radius 2 is 2.07 bits per heavy atom. The van der Waals surface area contributed by atoms with Crippen LogP contribution in [0.15, 0.2) is 18.2 Å². The van der Waals surface area contributed by atoms with Crippen LogP contribution in [0.5, 0.6) is 11.5 Å². The van der Waals surface area contributed by atoms with Crippen molar-refractivity contribution in [3.05, 3.63) is 23.8 Å². The van der Waals surface area contributed by atoms with E-state index in [-0.39, 0.29) is 12.7 Å². The van der Waals surface area contributed by atoms with Crippen LogP contribution in [0, 0.1) is 0 Å². The van der Waals surface area contributed by atoms with Gasteiger partial charge in [-0.15, -0.1) is 0 Å². The first-order chi connectivity index (χ1) is 7.19. The summed E-state index contributed by atoms with van der Waals surface area (Å²) in [4.78, 5) is 0. The van der Waals surface area contributed by atoms with Crippen molar-refractivity contribution < 1.29 is 14.6 Å². The molecule has 1 aromatic carbocycles. The first-order valence-electron chi connectivity index (χ1n) is 5.21. The first kappa shape index (κ1) is 11.9. The van der Waals surface area contributed by atoms with E-state index in [0.29, 0.717) is 18.1 Å². The summed E-state index contributed by atoms with van der Waals surface area (Å²) in [6, 6.07) is 5.54. The Balaban J connectivity index is 3.01. The molecule has 0 aliphatic heterocycles. The van der Waals surface area contributed by atoms with Crippen LogP contribution in [0.1, 0.15) is 26.3 Å². The minimum Gasteiger partial charge on any atom is -0.490 e. The van der Waals surface area contributed by atoms with Gasteiger partial charge in [-0.2, -0.15) is 0 Å². The summed E-state index contributed by atoms with van der Waals surface area (Å²) in [7, 11) is 0. The van der Waals surface area contributed by atoms with Crippen molar-refractivity contribution in [1.29, 1.82) is 0 Å². The molecule has 0 atom stereocenters. The lowest BCUT2D eigenvalue weighted by molar-refractivity contribution is 0.217. The van der Waals surface area contributed by atoms with Gasteiger partial charge in [-0.05, 0) is 26.8 Å². The second-order valence-electron chi connectivity index (χ2n) is 3.50. The van der Waals surface area contributed by atoms with Crippen LogP contribution in [-0.4, -0.2) is 17.8 Å². The van der Waals surface area contributed by atoms with Crippen molar-refractivity contribution in [3.63, 3.8) is 0 Å². The van der Waals surface area contributed by atoms with E-state index >= 15 is 0 Å². The molecular formula is C12H18O3. The predicted octanol–water partition coefficient (Wildman–Crippen LogP) is 2.36. The molecule has 0 saturated carbocycles. The summed E-state index contributed by atoms with van der Waals surface area (Å²) < 4.78 is 11.1. The normalized spacial score (nSPS) is 10.5. The fourth-order valence-electron chi connectivity index (χ4n) is 1.34. The monoisotopic (exact) mass is 210 g/mol. The maximum Gasteiger partial charge on any atom is 0.166 e. The summed E-state index contributed by atoms with van der Waals surface area (Å²) in [6.45, 7) is 6.35. The number of aliphatic hydroxyl groups is 1. The molecule has 84 valence electrons. The molecule has 0 aliphatic carbocycles. The van der Waals surface area contributed by atoms with E-state index in [1.807, 2.05) is 39.0 Å². The van der Waals surface area contributed by atoms with Gasteiger partial charge in [-0.25, -0.2) is 0 Å². The predicted molar refractivity (Wildman–Crippen MR) is 59.3 cm³/mol. The highest BCUT2D eigenvalue weighted by molar-refractivity contribution is 5.46. The van der Waals surface area contributed by atoms with Crippen molar-refractivity contribution in [2.45, 2.75) is 33.5 Å². The molecule has 0 fully saturated rings. The Kier molecular flexibility index (Phi) is 4.43. The quantitative estimate of drug-likeness (QED) is 0.810. The Morgan fingerprint density at radius 3 is 2.60 bits per heavy atom. The highest BCUT2D eigenvalue weighted by atomic mass is 16.5. The van der Waals surface area contributed by atoms with Gasteiger partial charge in [0.1, 0.15) is 0 Å². The van der Waals surface area contributed by atoms with E-state index in [1.165, 1.54) is 0 Å². The van der Waals surface area contributed by atoms with Crippen LogP contribution in [0.4, 0.5) is 0 Å². The van der Waals surface area contributed by atoms with Gasteiger partial charge >= 0.3 is 0 Å². The van der Waals surface area contributed by atoms with Gasteiger partial charge in [0.2, 0.25) is 0 Å². The summed E-state index contributed by atoms with van der Waals surface area (Å²) in [5.41, 5.74) is 0.759. The SMILES string of the molecule is CCOc1c(CO)cccc1OC(C)C. The largest absolute Gasteiger partial charge is 0.490 e. The number of aliphatic hydroxyl groups excluding tert-OH is 1. The second-order valence-corrected chi connectivity index (χ2v) is 3.50. The van der Waals surface area contributed by atoms with Crippen molar-refractivity contribution in [2.75, 3.05) is 6.61 Å². The lowest BCUT2D eigenvalue weighted by atomic mass is 10.2. The van der Waals surface area contributed by atoms with E-state index < -0.39 is 0 Å². The van der Waals surface area contributed by atoms with Crippen LogP contribution in [0.2, 0.25) is 0 Å². The van der Waals surface area contributed by atoms with Gasteiger partial charge in [-0.1, -0.05) is 12.1 Å². The van der Waals surface area contributed by atoms with E-state index in [9.17, 15) is 0 Å². The van der Waals surface area contributed by atoms with Crippen molar-refractivity contribution in [3.8, 4) is 11.5 Å². The smallest absolute Gasteiger partial charge is 0.166 e. The molecule has 0 aromatic heterocycles. The number of hydrogen-bond acceptors (Lipinski definition) is 3. The Labute approximate surface area is 90.6 Å². The maximum atomic E-state index is 9.17. The Hall–Kier alpha value is -1.22. The van der Waals surface area contributed by atoms with Crippen LogP contribution >= 0.6 is 0 Å². The molecule has 1 aromatic rings. The summed E-state index contributed by atoms with van der Waals surface area (Å²) in [6.07, 6.45) is 0.0955. The van der Waals surface area contributed by atoms with Crippen LogP contribution in [-0.2, 0) is 6.61 Å². The number of para-hydroxylation sites is 1. The highest BCUT2D eigenvalue weighted by Crippen LogP contribution is 2.32. The average Bonchev–Trinajstić information content (AvgIpc) is 2.20. The molecular weight excluding hydrogens is 192 g/mol. The minimum atomic E-state index is -0.0371. The summed E-state index contributed by atoms with van der Waals surface area (Å²) in [5, 5.41) is 9.17. The van der Waals surface area contributed by atoms with Crippen molar-refractivity contribution in [1.82, 2.24) is 0 Å². The van der Waals surface area contributed by atoms with Crippen molar-refractivity contribution in [2.24, 2.45) is 0 Å². The second kappa shape index (κ2) is 5.61. The molecule has 0 amide bonds. The fraction of sp³-hybridized carbons (Fsp3) is 0.500. The van der Waals surface area contributed by atoms with Crippen LogP contribution in [0.25, 0.3) is 0 Å². The van der Waals surface area contributed by atoms with Gasteiger partial charge in [0.25, 0.3) is 0 Å². The molecule has 15 heavy (non-hydrogen) atoms. The highest BCUT2D eigenvalue weighted by Gasteiger charge is 2.10. The Morgan fingerprint density at radius 1 is 1.33 bits per heavy atom. The molecule has 0 saturated heterocycles. The van der Waals surface area contributed by atoms with E-state index in [2.05, 4.69) is 0 Å². The van der Waals surface area contributed by atoms with Gasteiger partial charge in [0, 0.05) is 5.56 Å². The minimum absolute atomic E-state index is 0.0371. The maximum absolute atomic E-state index is 9.17. The molecule has 3 heteroatoms. The lowest BCUT2D eigenvalue weighted by Crippen LogP contribution is -2.08. The molecule has 3 nitrogen and oxygen atoms in total. The van der Waals surface area contributed by atoms with E-state index in [0.717, 1.165) is 5.56 Å². The molecule has 0 spiro atoms. The van der Waals surface area contributed by atoms with Crippen LogP contribution in [0.3, 0.4) is 0 Å².